The number of benzene rings is 1. The normalized spacial score (nSPS) is 20.0. The molecule has 1 aliphatic heterocycles. The lowest BCUT2D eigenvalue weighted by molar-refractivity contribution is -0.138. The molecule has 5 heteroatoms. The van der Waals surface area contributed by atoms with Crippen LogP contribution < -0.4 is 0 Å². The minimum Gasteiger partial charge on any atom is -0.298 e. The maximum Gasteiger partial charge on any atom is 0.416 e. The van der Waals surface area contributed by atoms with Crippen molar-refractivity contribution in [1.82, 2.24) is 4.90 Å². The molecule has 1 saturated heterocycles. The summed E-state index contributed by atoms with van der Waals surface area (Å²) in [6.45, 7) is 5.26. The third-order valence-electron chi connectivity index (χ3n) is 3.95. The van der Waals surface area contributed by atoms with E-state index < -0.39 is 11.7 Å². The maximum absolute atomic E-state index is 13.2. The number of rotatable bonds is 3. The lowest BCUT2D eigenvalue weighted by Crippen LogP contribution is -2.22. The third kappa shape index (κ3) is 3.76. The fraction of sp³-hybridized carbons (Fsp3) is 0.562. The van der Waals surface area contributed by atoms with Gasteiger partial charge in [-0.2, -0.15) is 18.4 Å². The molecule has 1 unspecified atom stereocenters. The summed E-state index contributed by atoms with van der Waals surface area (Å²) >= 11 is 0. The average Bonchev–Trinajstić information content (AvgIpc) is 2.85. The van der Waals surface area contributed by atoms with Gasteiger partial charge in [0.2, 0.25) is 0 Å². The number of nitrogens with zero attached hydrogens (tertiary/aromatic N) is 2. The van der Waals surface area contributed by atoms with Crippen LogP contribution in [0.5, 0.6) is 0 Å². The average molecular weight is 296 g/mol. The highest BCUT2D eigenvalue weighted by molar-refractivity contribution is 5.35. The van der Waals surface area contributed by atoms with Gasteiger partial charge in [-0.3, -0.25) is 4.90 Å². The summed E-state index contributed by atoms with van der Waals surface area (Å²) in [7, 11) is 0. The first kappa shape index (κ1) is 15.8. The molecule has 114 valence electrons. The van der Waals surface area contributed by atoms with Gasteiger partial charge in [0.05, 0.1) is 17.6 Å². The van der Waals surface area contributed by atoms with Crippen LogP contribution in [0.15, 0.2) is 18.2 Å². The third-order valence-corrected chi connectivity index (χ3v) is 3.95. The second kappa shape index (κ2) is 6.07. The van der Waals surface area contributed by atoms with Crippen molar-refractivity contribution in [1.29, 1.82) is 5.26 Å². The molecule has 0 radical (unpaired) electrons. The molecule has 0 N–H and O–H groups in total. The zero-order valence-corrected chi connectivity index (χ0v) is 12.2. The van der Waals surface area contributed by atoms with Crippen LogP contribution in [0.25, 0.3) is 0 Å². The fourth-order valence-electron chi connectivity index (χ4n) is 2.68. The van der Waals surface area contributed by atoms with Crippen LogP contribution >= 0.6 is 0 Å². The zero-order valence-electron chi connectivity index (χ0n) is 12.2. The van der Waals surface area contributed by atoms with E-state index in [9.17, 15) is 13.2 Å². The largest absolute Gasteiger partial charge is 0.416 e. The van der Waals surface area contributed by atoms with Crippen LogP contribution in [-0.4, -0.2) is 18.0 Å². The molecular formula is C16H19F3N2. The number of nitriles is 1. The molecule has 0 spiro atoms. The second-order valence-electron chi connectivity index (χ2n) is 5.92. The molecular weight excluding hydrogens is 277 g/mol. The molecule has 2 rings (SSSR count). The first-order chi connectivity index (χ1) is 9.81. The highest BCUT2D eigenvalue weighted by Gasteiger charge is 2.34. The molecule has 1 aliphatic rings. The minimum absolute atomic E-state index is 0.0609. The summed E-state index contributed by atoms with van der Waals surface area (Å²) < 4.78 is 39.7. The molecule has 0 aliphatic carbocycles. The molecule has 1 aromatic rings. The van der Waals surface area contributed by atoms with Gasteiger partial charge in [-0.25, -0.2) is 0 Å². The van der Waals surface area contributed by atoms with Crippen LogP contribution in [0.3, 0.4) is 0 Å². The number of halogens is 3. The highest BCUT2D eigenvalue weighted by atomic mass is 19.4. The van der Waals surface area contributed by atoms with Crippen molar-refractivity contribution < 1.29 is 13.2 Å². The molecule has 0 aromatic heterocycles. The fourth-order valence-corrected chi connectivity index (χ4v) is 2.68. The van der Waals surface area contributed by atoms with E-state index in [4.69, 9.17) is 5.26 Å². The number of hydrogen-bond acceptors (Lipinski definition) is 2. The van der Waals surface area contributed by atoms with Crippen molar-refractivity contribution in [3.8, 4) is 6.07 Å². The molecule has 21 heavy (non-hydrogen) atoms. The lowest BCUT2D eigenvalue weighted by Gasteiger charge is -2.20. The summed E-state index contributed by atoms with van der Waals surface area (Å²) in [6, 6.07) is 6.80. The van der Waals surface area contributed by atoms with Crippen molar-refractivity contribution >= 4 is 0 Å². The van der Waals surface area contributed by atoms with Crippen molar-refractivity contribution in [2.24, 2.45) is 5.92 Å². The quantitative estimate of drug-likeness (QED) is 0.837. The van der Waals surface area contributed by atoms with Crippen LogP contribution in [0.1, 0.15) is 42.9 Å². The van der Waals surface area contributed by atoms with Crippen LogP contribution in [0.4, 0.5) is 13.2 Å². The zero-order chi connectivity index (χ0) is 15.6. The molecule has 2 nitrogen and oxygen atoms in total. The van der Waals surface area contributed by atoms with Crippen molar-refractivity contribution in [2.45, 2.75) is 38.9 Å². The monoisotopic (exact) mass is 296 g/mol. The Morgan fingerprint density at radius 3 is 2.62 bits per heavy atom. The van der Waals surface area contributed by atoms with E-state index in [1.165, 1.54) is 6.07 Å². The Morgan fingerprint density at radius 1 is 1.38 bits per heavy atom. The predicted molar refractivity (Wildman–Crippen MR) is 74.5 cm³/mol. The Bertz CT molecular complexity index is 543. The minimum atomic E-state index is -4.34. The standard InChI is InChI=1S/C16H19F3N2/c1-11(2)13-3-4-14(15(7-13)16(17,18)19)10-21-6-5-12(8-20)9-21/h3-4,7,11-12H,5-6,9-10H2,1-2H3. The highest BCUT2D eigenvalue weighted by Crippen LogP contribution is 2.35. The van der Waals surface area contributed by atoms with E-state index in [0.717, 1.165) is 6.42 Å². The SMILES string of the molecule is CC(C)c1ccc(CN2CCC(C#N)C2)c(C(F)(F)F)c1. The number of likely N-dealkylation sites (tertiary alicyclic amines) is 1. The van der Waals surface area contributed by atoms with E-state index in [2.05, 4.69) is 6.07 Å². The Labute approximate surface area is 123 Å². The summed E-state index contributed by atoms with van der Waals surface area (Å²) in [6.07, 6.45) is -3.60. The van der Waals surface area contributed by atoms with Gasteiger partial charge in [0.15, 0.2) is 0 Å². The van der Waals surface area contributed by atoms with Gasteiger partial charge in [-0.15, -0.1) is 0 Å². The van der Waals surface area contributed by atoms with Gasteiger partial charge in [0.1, 0.15) is 0 Å². The molecule has 1 atom stereocenters. The van der Waals surface area contributed by atoms with E-state index in [-0.39, 0.29) is 18.4 Å². The van der Waals surface area contributed by atoms with Crippen LogP contribution in [0, 0.1) is 17.2 Å². The second-order valence-corrected chi connectivity index (χ2v) is 5.92. The van der Waals surface area contributed by atoms with Crippen LogP contribution in [0.2, 0.25) is 0 Å². The molecule has 0 amide bonds. The van der Waals surface area contributed by atoms with Gasteiger partial charge in [-0.1, -0.05) is 26.0 Å². The van der Waals surface area contributed by atoms with Crippen LogP contribution in [-0.2, 0) is 12.7 Å². The Kier molecular flexibility index (Phi) is 4.58. The van der Waals surface area contributed by atoms with E-state index >= 15 is 0 Å². The van der Waals surface area contributed by atoms with Gasteiger partial charge in [0.25, 0.3) is 0 Å². The molecule has 1 fully saturated rings. The smallest absolute Gasteiger partial charge is 0.298 e. The Hall–Kier alpha value is -1.54. The van der Waals surface area contributed by atoms with Gasteiger partial charge in [-0.05, 0) is 36.1 Å². The van der Waals surface area contributed by atoms with Gasteiger partial charge >= 0.3 is 6.18 Å². The van der Waals surface area contributed by atoms with Crippen molar-refractivity contribution in [3.05, 3.63) is 34.9 Å². The Morgan fingerprint density at radius 2 is 2.10 bits per heavy atom. The molecule has 1 heterocycles. The molecule has 0 saturated carbocycles. The van der Waals surface area contributed by atoms with E-state index in [1.807, 2.05) is 18.7 Å². The molecule has 1 aromatic carbocycles. The Balaban J connectivity index is 2.25. The first-order valence-corrected chi connectivity index (χ1v) is 7.13. The lowest BCUT2D eigenvalue weighted by atomic mass is 9.96. The summed E-state index contributed by atoms with van der Waals surface area (Å²) in [5.41, 5.74) is 0.446. The predicted octanol–water partition coefficient (Wildman–Crippen LogP) is 4.17. The summed E-state index contributed by atoms with van der Waals surface area (Å²) in [5, 5.41) is 8.87. The van der Waals surface area contributed by atoms with E-state index in [1.54, 1.807) is 12.1 Å². The van der Waals surface area contributed by atoms with Gasteiger partial charge in [0, 0.05) is 13.1 Å². The summed E-state index contributed by atoms with van der Waals surface area (Å²) in [4.78, 5) is 1.92. The van der Waals surface area contributed by atoms with Crippen molar-refractivity contribution in [2.75, 3.05) is 13.1 Å². The summed E-state index contributed by atoms with van der Waals surface area (Å²) in [5.74, 6) is 0.00387. The van der Waals surface area contributed by atoms with Crippen molar-refractivity contribution in [3.63, 3.8) is 0 Å². The number of hydrogen-bond donors (Lipinski definition) is 0. The molecule has 0 bridgehead atoms. The topological polar surface area (TPSA) is 27.0 Å². The maximum atomic E-state index is 13.2. The van der Waals surface area contributed by atoms with E-state index in [0.29, 0.717) is 24.2 Å². The number of alkyl halides is 3. The van der Waals surface area contributed by atoms with Gasteiger partial charge < -0.3 is 0 Å². The first-order valence-electron chi connectivity index (χ1n) is 7.13.